The van der Waals surface area contributed by atoms with Crippen LogP contribution < -0.4 is 0 Å². The van der Waals surface area contributed by atoms with Gasteiger partial charge in [-0.1, -0.05) is 28.1 Å². The van der Waals surface area contributed by atoms with Crippen LogP contribution >= 0.6 is 15.9 Å². The van der Waals surface area contributed by atoms with Crippen LogP contribution in [0.1, 0.15) is 30.1 Å². The Morgan fingerprint density at radius 1 is 1.18 bits per heavy atom. The zero-order valence-electron chi connectivity index (χ0n) is 9.01. The second kappa shape index (κ2) is 4.98. The van der Waals surface area contributed by atoms with Gasteiger partial charge in [0.2, 0.25) is 0 Å². The van der Waals surface area contributed by atoms with E-state index in [1.807, 2.05) is 0 Å². The summed E-state index contributed by atoms with van der Waals surface area (Å²) in [5.41, 5.74) is 0.206. The summed E-state index contributed by atoms with van der Waals surface area (Å²) < 4.78 is 42.8. The van der Waals surface area contributed by atoms with Crippen LogP contribution in [0.15, 0.2) is 24.3 Å². The summed E-state index contributed by atoms with van der Waals surface area (Å²) in [6.07, 6.45) is -2.37. The van der Waals surface area contributed by atoms with Gasteiger partial charge in [0.25, 0.3) is 0 Å². The molecule has 2 rings (SSSR count). The summed E-state index contributed by atoms with van der Waals surface area (Å²) in [5.74, 6) is 0. The van der Waals surface area contributed by atoms with Gasteiger partial charge in [0.15, 0.2) is 0 Å². The summed E-state index contributed by atoms with van der Waals surface area (Å²) in [6.45, 7) is 0. The number of hydrogen-bond acceptors (Lipinski definition) is 1. The molecule has 1 aromatic carbocycles. The molecule has 0 radical (unpaired) electrons. The Hall–Kier alpha value is -0.550. The molecule has 1 heterocycles. The molecular weight excluding hydrogens is 297 g/mol. The third-order valence-corrected chi connectivity index (χ3v) is 3.61. The Morgan fingerprint density at radius 3 is 2.29 bits per heavy atom. The summed E-state index contributed by atoms with van der Waals surface area (Å²) in [7, 11) is 0. The molecule has 0 saturated carbocycles. The van der Waals surface area contributed by atoms with E-state index in [1.54, 1.807) is 0 Å². The van der Waals surface area contributed by atoms with Crippen molar-refractivity contribution in [2.45, 2.75) is 31.2 Å². The Morgan fingerprint density at radius 2 is 1.82 bits per heavy atom. The molecule has 94 valence electrons. The lowest BCUT2D eigenvalue weighted by Gasteiger charge is -2.13. The van der Waals surface area contributed by atoms with E-state index in [-0.39, 0.29) is 12.2 Å². The van der Waals surface area contributed by atoms with Crippen LogP contribution in [0, 0.1) is 0 Å². The molecular formula is C12H12BrF3O. The van der Waals surface area contributed by atoms with E-state index in [9.17, 15) is 13.2 Å². The van der Waals surface area contributed by atoms with Gasteiger partial charge in [-0.25, -0.2) is 0 Å². The van der Waals surface area contributed by atoms with Crippen molar-refractivity contribution in [2.24, 2.45) is 0 Å². The molecule has 1 aromatic rings. The van der Waals surface area contributed by atoms with Gasteiger partial charge in [-0.3, -0.25) is 0 Å². The molecule has 1 aliphatic heterocycles. The van der Waals surface area contributed by atoms with Crippen molar-refractivity contribution in [3.05, 3.63) is 35.4 Å². The number of halogens is 4. The lowest BCUT2D eigenvalue weighted by atomic mass is 10.0. The van der Waals surface area contributed by atoms with Crippen LogP contribution in [0.2, 0.25) is 0 Å². The average molecular weight is 309 g/mol. The second-order valence-corrected chi connectivity index (χ2v) is 4.75. The van der Waals surface area contributed by atoms with Crippen LogP contribution in [0.25, 0.3) is 0 Å². The number of rotatable bonds is 2. The highest BCUT2D eigenvalue weighted by Gasteiger charge is 2.31. The van der Waals surface area contributed by atoms with Gasteiger partial charge in [-0.05, 0) is 30.5 Å². The molecule has 5 heteroatoms. The maximum absolute atomic E-state index is 12.4. The Bertz CT molecular complexity index is 374. The summed E-state index contributed by atoms with van der Waals surface area (Å²) in [5, 5.41) is 0.768. The van der Waals surface area contributed by atoms with Crippen molar-refractivity contribution >= 4 is 15.9 Å². The van der Waals surface area contributed by atoms with Crippen LogP contribution in [-0.4, -0.2) is 11.4 Å². The average Bonchev–Trinajstić information content (AvgIpc) is 2.76. The Kier molecular flexibility index (Phi) is 3.78. The highest BCUT2D eigenvalue weighted by molar-refractivity contribution is 9.09. The molecule has 0 N–H and O–H groups in total. The van der Waals surface area contributed by atoms with Crippen LogP contribution in [0.5, 0.6) is 0 Å². The summed E-state index contributed by atoms with van der Waals surface area (Å²) in [4.78, 5) is 0. The number of benzene rings is 1. The fourth-order valence-electron chi connectivity index (χ4n) is 1.95. The van der Waals surface area contributed by atoms with Gasteiger partial charge < -0.3 is 4.74 Å². The first-order valence-electron chi connectivity index (χ1n) is 5.39. The van der Waals surface area contributed by atoms with Gasteiger partial charge >= 0.3 is 6.18 Å². The standard InChI is InChI=1S/C12H12BrF3O/c13-7-10-5-6-11(17-10)8-1-3-9(4-2-8)12(14,15)16/h1-4,10-11H,5-7H2/t10-,11?/m1/s1. The zero-order chi connectivity index (χ0) is 12.5. The van der Waals surface area contributed by atoms with Crippen LogP contribution in [-0.2, 0) is 10.9 Å². The number of ether oxygens (including phenoxy) is 1. The van der Waals surface area contributed by atoms with Crippen molar-refractivity contribution in [3.63, 3.8) is 0 Å². The molecule has 0 spiro atoms. The first-order valence-corrected chi connectivity index (χ1v) is 6.51. The van der Waals surface area contributed by atoms with Crippen molar-refractivity contribution in [1.29, 1.82) is 0 Å². The lowest BCUT2D eigenvalue weighted by molar-refractivity contribution is -0.137. The molecule has 0 amide bonds. The maximum atomic E-state index is 12.4. The van der Waals surface area contributed by atoms with E-state index in [1.165, 1.54) is 12.1 Å². The van der Waals surface area contributed by atoms with Crippen molar-refractivity contribution < 1.29 is 17.9 Å². The fraction of sp³-hybridized carbons (Fsp3) is 0.500. The third-order valence-electron chi connectivity index (χ3n) is 2.89. The lowest BCUT2D eigenvalue weighted by Crippen LogP contribution is -2.08. The van der Waals surface area contributed by atoms with Gasteiger partial charge in [0.05, 0.1) is 17.8 Å². The molecule has 0 bridgehead atoms. The highest BCUT2D eigenvalue weighted by Crippen LogP contribution is 2.35. The van der Waals surface area contributed by atoms with Gasteiger partial charge in [0.1, 0.15) is 0 Å². The van der Waals surface area contributed by atoms with Gasteiger partial charge in [0, 0.05) is 5.33 Å². The molecule has 1 fully saturated rings. The zero-order valence-corrected chi connectivity index (χ0v) is 10.6. The predicted molar refractivity (Wildman–Crippen MR) is 62.1 cm³/mol. The Labute approximate surface area is 106 Å². The van der Waals surface area contributed by atoms with E-state index in [0.29, 0.717) is 0 Å². The first-order chi connectivity index (χ1) is 8.00. The van der Waals surface area contributed by atoms with Gasteiger partial charge in [-0.2, -0.15) is 13.2 Å². The molecule has 17 heavy (non-hydrogen) atoms. The summed E-state index contributed by atoms with van der Waals surface area (Å²) >= 11 is 3.34. The first kappa shape index (κ1) is 12.9. The molecule has 1 saturated heterocycles. The molecule has 0 aliphatic carbocycles. The van der Waals surface area contributed by atoms with Crippen LogP contribution in [0.4, 0.5) is 13.2 Å². The minimum absolute atomic E-state index is 0.0696. The topological polar surface area (TPSA) is 9.23 Å². The number of hydrogen-bond donors (Lipinski definition) is 0. The monoisotopic (exact) mass is 308 g/mol. The SMILES string of the molecule is FC(F)(F)c1ccc(C2CC[C@H](CBr)O2)cc1. The second-order valence-electron chi connectivity index (χ2n) is 4.10. The van der Waals surface area contributed by atoms with Gasteiger partial charge in [-0.15, -0.1) is 0 Å². The Balaban J connectivity index is 2.09. The normalized spacial score (nSPS) is 25.2. The minimum atomic E-state index is -4.27. The maximum Gasteiger partial charge on any atom is 0.416 e. The fourth-order valence-corrected chi connectivity index (χ4v) is 2.43. The van der Waals surface area contributed by atoms with E-state index in [0.717, 1.165) is 35.9 Å². The molecule has 1 nitrogen and oxygen atoms in total. The number of alkyl halides is 4. The molecule has 2 atom stereocenters. The third kappa shape index (κ3) is 3.01. The quantitative estimate of drug-likeness (QED) is 0.739. The molecule has 0 aromatic heterocycles. The van der Waals surface area contributed by atoms with E-state index in [2.05, 4.69) is 15.9 Å². The largest absolute Gasteiger partial charge is 0.416 e. The molecule has 1 aliphatic rings. The molecule has 1 unspecified atom stereocenters. The smallest absolute Gasteiger partial charge is 0.369 e. The van der Waals surface area contributed by atoms with E-state index >= 15 is 0 Å². The van der Waals surface area contributed by atoms with E-state index in [4.69, 9.17) is 4.74 Å². The van der Waals surface area contributed by atoms with Crippen molar-refractivity contribution in [2.75, 3.05) is 5.33 Å². The minimum Gasteiger partial charge on any atom is -0.369 e. The predicted octanol–water partition coefficient (Wildman–Crippen LogP) is 4.32. The van der Waals surface area contributed by atoms with E-state index < -0.39 is 11.7 Å². The summed E-state index contributed by atoms with van der Waals surface area (Å²) in [6, 6.07) is 5.23. The van der Waals surface area contributed by atoms with Crippen molar-refractivity contribution in [3.8, 4) is 0 Å². The van der Waals surface area contributed by atoms with Crippen molar-refractivity contribution in [1.82, 2.24) is 0 Å². The highest BCUT2D eigenvalue weighted by atomic mass is 79.9. The van der Waals surface area contributed by atoms with Crippen LogP contribution in [0.3, 0.4) is 0 Å².